The van der Waals surface area contributed by atoms with E-state index in [4.69, 9.17) is 0 Å². The summed E-state index contributed by atoms with van der Waals surface area (Å²) in [6, 6.07) is 2.18. The van der Waals surface area contributed by atoms with E-state index in [1.165, 1.54) is 18.5 Å². The van der Waals surface area contributed by atoms with Crippen LogP contribution in [0.25, 0.3) is 0 Å². The Hall–Kier alpha value is -2.31. The summed E-state index contributed by atoms with van der Waals surface area (Å²) in [5, 5.41) is 11.8. The topological polar surface area (TPSA) is 70.1 Å². The smallest absolute Gasteiger partial charge is 0.223 e. The summed E-state index contributed by atoms with van der Waals surface area (Å²) < 4.78 is 1.79. The number of anilines is 1. The molecule has 0 aromatic carbocycles. The first kappa shape index (κ1) is 16.2. The van der Waals surface area contributed by atoms with Crippen LogP contribution in [0.3, 0.4) is 0 Å². The molecular weight excluding hydrogens is 316 g/mol. The van der Waals surface area contributed by atoms with Gasteiger partial charge in [-0.2, -0.15) is 10.2 Å². The lowest BCUT2D eigenvalue weighted by atomic mass is 10.0. The molecule has 0 spiro atoms. The molecule has 1 saturated carbocycles. The van der Waals surface area contributed by atoms with Gasteiger partial charge in [0.15, 0.2) is 5.82 Å². The third-order valence-corrected chi connectivity index (χ3v) is 5.33. The molecule has 2 aliphatic rings. The largest absolute Gasteiger partial charge is 0.352 e. The van der Waals surface area contributed by atoms with Gasteiger partial charge in [-0.15, -0.1) is 0 Å². The third-order valence-electron chi connectivity index (χ3n) is 5.33. The lowest BCUT2D eigenvalue weighted by molar-refractivity contribution is -0.131. The second-order valence-electron chi connectivity index (χ2n) is 7.38. The van der Waals surface area contributed by atoms with E-state index in [0.717, 1.165) is 37.6 Å². The van der Waals surface area contributed by atoms with Gasteiger partial charge in [0.05, 0.1) is 6.20 Å². The van der Waals surface area contributed by atoms with Gasteiger partial charge in [0, 0.05) is 63.5 Å². The van der Waals surface area contributed by atoms with Gasteiger partial charge in [0.1, 0.15) is 0 Å². The number of carbonyl (C=O) groups excluding carboxylic acids is 1. The number of hydrogen-bond donors (Lipinski definition) is 1. The predicted molar refractivity (Wildman–Crippen MR) is 95.6 cm³/mol. The van der Waals surface area contributed by atoms with Gasteiger partial charge < -0.3 is 9.80 Å². The van der Waals surface area contributed by atoms with Gasteiger partial charge in [-0.3, -0.25) is 14.6 Å². The molecule has 0 radical (unpaired) electrons. The van der Waals surface area contributed by atoms with Crippen LogP contribution >= 0.6 is 0 Å². The molecule has 134 valence electrons. The quantitative estimate of drug-likeness (QED) is 0.900. The molecule has 7 nitrogen and oxygen atoms in total. The van der Waals surface area contributed by atoms with Crippen molar-refractivity contribution >= 4 is 11.7 Å². The standard InChI is InChI=1S/C18H26N6O/c1-13(15-11-19-22(2)12-15)9-18(25)24-7-5-23(6-8-24)17-10-16(20-21-17)14-3-4-14/h10-14H,3-9H2,1-2H3,(H,20,21). The van der Waals surface area contributed by atoms with E-state index in [1.807, 2.05) is 24.3 Å². The number of hydrogen-bond acceptors (Lipinski definition) is 4. The van der Waals surface area contributed by atoms with Crippen molar-refractivity contribution in [2.75, 3.05) is 31.1 Å². The van der Waals surface area contributed by atoms with Crippen LogP contribution in [0.1, 0.15) is 49.3 Å². The molecular formula is C18H26N6O. The van der Waals surface area contributed by atoms with Crippen LogP contribution in [0.4, 0.5) is 5.82 Å². The molecule has 1 aliphatic heterocycles. The van der Waals surface area contributed by atoms with Crippen molar-refractivity contribution in [3.63, 3.8) is 0 Å². The van der Waals surface area contributed by atoms with Crippen molar-refractivity contribution in [2.45, 2.75) is 38.0 Å². The Morgan fingerprint density at radius 1 is 1.32 bits per heavy atom. The fourth-order valence-electron chi connectivity index (χ4n) is 3.48. The monoisotopic (exact) mass is 342 g/mol. The first-order valence-electron chi connectivity index (χ1n) is 9.16. The van der Waals surface area contributed by atoms with Crippen LogP contribution < -0.4 is 4.90 Å². The summed E-state index contributed by atoms with van der Waals surface area (Å²) in [6.45, 7) is 5.33. The van der Waals surface area contributed by atoms with Crippen molar-refractivity contribution in [3.05, 3.63) is 29.7 Å². The molecule has 25 heavy (non-hydrogen) atoms. The first-order chi connectivity index (χ1) is 12.1. The van der Waals surface area contributed by atoms with E-state index < -0.39 is 0 Å². The average molecular weight is 342 g/mol. The van der Waals surface area contributed by atoms with Crippen molar-refractivity contribution in [1.29, 1.82) is 0 Å². The van der Waals surface area contributed by atoms with Gasteiger partial charge in [0.2, 0.25) is 5.91 Å². The second-order valence-corrected chi connectivity index (χ2v) is 7.38. The lowest BCUT2D eigenvalue weighted by Gasteiger charge is -2.35. The molecule has 1 saturated heterocycles. The van der Waals surface area contributed by atoms with E-state index in [2.05, 4.69) is 33.2 Å². The first-order valence-corrected chi connectivity index (χ1v) is 9.16. The Bertz CT molecular complexity index is 738. The number of rotatable bonds is 5. The zero-order valence-corrected chi connectivity index (χ0v) is 15.0. The molecule has 1 atom stereocenters. The number of nitrogens with one attached hydrogen (secondary N) is 1. The number of aryl methyl sites for hydroxylation is 1. The number of H-pyrrole nitrogens is 1. The Kier molecular flexibility index (Phi) is 4.23. The molecule has 4 rings (SSSR count). The Labute approximate surface area is 148 Å². The zero-order valence-electron chi connectivity index (χ0n) is 15.0. The normalized spacial score (nSPS) is 19.3. The van der Waals surface area contributed by atoms with Crippen molar-refractivity contribution < 1.29 is 4.79 Å². The lowest BCUT2D eigenvalue weighted by Crippen LogP contribution is -2.49. The zero-order chi connectivity index (χ0) is 17.4. The maximum absolute atomic E-state index is 12.6. The van der Waals surface area contributed by atoms with Gasteiger partial charge >= 0.3 is 0 Å². The van der Waals surface area contributed by atoms with Gasteiger partial charge in [-0.1, -0.05) is 6.92 Å². The summed E-state index contributed by atoms with van der Waals surface area (Å²) in [6.07, 6.45) is 6.94. The second kappa shape index (κ2) is 6.54. The fraction of sp³-hybridized carbons (Fsp3) is 0.611. The maximum Gasteiger partial charge on any atom is 0.223 e. The highest BCUT2D eigenvalue weighted by Gasteiger charge is 2.28. The molecule has 1 aliphatic carbocycles. The molecule has 1 unspecified atom stereocenters. The Balaban J connectivity index is 1.29. The summed E-state index contributed by atoms with van der Waals surface area (Å²) >= 11 is 0. The molecule has 1 N–H and O–H groups in total. The number of aromatic nitrogens is 4. The average Bonchev–Trinajstić information content (AvgIpc) is 3.18. The summed E-state index contributed by atoms with van der Waals surface area (Å²) in [5.41, 5.74) is 2.39. The Morgan fingerprint density at radius 3 is 2.72 bits per heavy atom. The number of amides is 1. The molecule has 7 heteroatoms. The highest BCUT2D eigenvalue weighted by Crippen LogP contribution is 2.39. The van der Waals surface area contributed by atoms with E-state index in [1.54, 1.807) is 4.68 Å². The molecule has 3 heterocycles. The van der Waals surface area contributed by atoms with E-state index >= 15 is 0 Å². The molecule has 2 aromatic rings. The van der Waals surface area contributed by atoms with Crippen molar-refractivity contribution in [3.8, 4) is 0 Å². The van der Waals surface area contributed by atoms with Gasteiger partial charge in [0.25, 0.3) is 0 Å². The summed E-state index contributed by atoms with van der Waals surface area (Å²) in [7, 11) is 1.90. The highest BCUT2D eigenvalue weighted by molar-refractivity contribution is 5.77. The van der Waals surface area contributed by atoms with Gasteiger partial charge in [-0.25, -0.2) is 0 Å². The highest BCUT2D eigenvalue weighted by atomic mass is 16.2. The van der Waals surface area contributed by atoms with Crippen LogP contribution in [0.15, 0.2) is 18.5 Å². The van der Waals surface area contributed by atoms with Gasteiger partial charge in [-0.05, 0) is 24.3 Å². The molecule has 0 bridgehead atoms. The molecule has 2 fully saturated rings. The minimum absolute atomic E-state index is 0.201. The van der Waals surface area contributed by atoms with Crippen molar-refractivity contribution in [2.24, 2.45) is 7.05 Å². The van der Waals surface area contributed by atoms with E-state index in [0.29, 0.717) is 12.3 Å². The summed E-state index contributed by atoms with van der Waals surface area (Å²) in [5.74, 6) is 2.15. The maximum atomic E-state index is 12.6. The van der Waals surface area contributed by atoms with Crippen LogP contribution in [0, 0.1) is 0 Å². The number of nitrogens with zero attached hydrogens (tertiary/aromatic N) is 5. The number of piperazine rings is 1. The van der Waals surface area contributed by atoms with E-state index in [-0.39, 0.29) is 11.8 Å². The third kappa shape index (κ3) is 3.55. The van der Waals surface area contributed by atoms with Crippen LogP contribution in [-0.4, -0.2) is 57.0 Å². The van der Waals surface area contributed by atoms with Crippen LogP contribution in [-0.2, 0) is 11.8 Å². The van der Waals surface area contributed by atoms with Crippen molar-refractivity contribution in [1.82, 2.24) is 24.9 Å². The molecule has 2 aromatic heterocycles. The van der Waals surface area contributed by atoms with Crippen LogP contribution in [0.2, 0.25) is 0 Å². The fourth-order valence-corrected chi connectivity index (χ4v) is 3.48. The van der Waals surface area contributed by atoms with E-state index in [9.17, 15) is 4.79 Å². The minimum atomic E-state index is 0.201. The Morgan fingerprint density at radius 2 is 2.08 bits per heavy atom. The predicted octanol–water partition coefficient (Wildman–Crippen LogP) is 1.86. The SMILES string of the molecule is CC(CC(=O)N1CCN(c2cc(C3CC3)[nH]n2)CC1)c1cnn(C)c1. The minimum Gasteiger partial charge on any atom is -0.352 e. The van der Waals surface area contributed by atoms with Crippen LogP contribution in [0.5, 0.6) is 0 Å². The number of aromatic amines is 1. The number of carbonyl (C=O) groups is 1. The molecule has 1 amide bonds. The summed E-state index contributed by atoms with van der Waals surface area (Å²) in [4.78, 5) is 16.9.